The summed E-state index contributed by atoms with van der Waals surface area (Å²) in [5.74, 6) is -3.00. The summed E-state index contributed by atoms with van der Waals surface area (Å²) in [6, 6.07) is 11.3. The van der Waals surface area contributed by atoms with Gasteiger partial charge in [-0.1, -0.05) is 12.1 Å². The van der Waals surface area contributed by atoms with Gasteiger partial charge >= 0.3 is 0 Å². The summed E-state index contributed by atoms with van der Waals surface area (Å²) < 4.78 is 91.2. The molecule has 3 aromatic carbocycles. The molecule has 1 aliphatic heterocycles. The highest BCUT2D eigenvalue weighted by molar-refractivity contribution is 7.90. The minimum atomic E-state index is -4.42. The highest BCUT2D eigenvalue weighted by atomic mass is 32.2. The fraction of sp³-hybridized carbons (Fsp3) is 0.300. The number of benzene rings is 3. The van der Waals surface area contributed by atoms with Crippen molar-refractivity contribution in [3.8, 4) is 23.0 Å². The molecule has 12 heteroatoms. The van der Waals surface area contributed by atoms with Crippen molar-refractivity contribution in [2.75, 3.05) is 46.6 Å². The number of halogens is 3. The minimum Gasteiger partial charge on any atom is -0.493 e. The molecular formula is C30H29F3N2O6S. The van der Waals surface area contributed by atoms with E-state index in [9.17, 15) is 17.2 Å². The minimum absolute atomic E-state index is 0.000769. The van der Waals surface area contributed by atoms with Crippen LogP contribution in [0.1, 0.15) is 12.0 Å². The van der Waals surface area contributed by atoms with Crippen LogP contribution in [0.4, 0.5) is 13.2 Å². The Labute approximate surface area is 241 Å². The zero-order chi connectivity index (χ0) is 29.7. The summed E-state index contributed by atoms with van der Waals surface area (Å²) in [6.07, 6.45) is 2.33. The summed E-state index contributed by atoms with van der Waals surface area (Å²) in [6.45, 7) is 4.66. The first-order valence-corrected chi connectivity index (χ1v) is 14.9. The third-order valence-corrected chi connectivity index (χ3v) is 8.50. The monoisotopic (exact) mass is 602 g/mol. The average Bonchev–Trinajstić information content (AvgIpc) is 2.96. The lowest BCUT2D eigenvalue weighted by Gasteiger charge is -2.26. The van der Waals surface area contributed by atoms with Gasteiger partial charge in [-0.25, -0.2) is 21.6 Å². The highest BCUT2D eigenvalue weighted by Gasteiger charge is 2.25. The largest absolute Gasteiger partial charge is 0.493 e. The molecule has 1 aliphatic rings. The number of morpholine rings is 1. The van der Waals surface area contributed by atoms with Crippen molar-refractivity contribution < 1.29 is 40.5 Å². The number of fused-ring (bicyclic) bond motifs is 1. The Bertz CT molecular complexity index is 1660. The fourth-order valence-electron chi connectivity index (χ4n) is 4.69. The van der Waals surface area contributed by atoms with Crippen molar-refractivity contribution in [1.82, 2.24) is 9.88 Å². The van der Waals surface area contributed by atoms with Crippen LogP contribution in [0.3, 0.4) is 0 Å². The molecule has 0 unspecified atom stereocenters. The second-order valence-corrected chi connectivity index (χ2v) is 11.6. The molecule has 42 heavy (non-hydrogen) atoms. The standard InChI is InChI=1S/C30H29F3N2O6S/c1-38-28-17-21-25(18-29(28)40-13-3-10-35-11-14-39-15-12-35)34-9-8-26(21)41-27-7-6-20(16-24(27)33)19-42(36,37)30-22(31)4-2-5-23(30)32/h2,4-9,16-18H,3,10-15,19H2,1H3. The van der Waals surface area contributed by atoms with Crippen molar-refractivity contribution in [3.05, 3.63) is 83.8 Å². The third kappa shape index (κ3) is 6.77. The molecule has 1 saturated heterocycles. The molecule has 8 nitrogen and oxygen atoms in total. The zero-order valence-corrected chi connectivity index (χ0v) is 23.6. The number of hydrogen-bond donors (Lipinski definition) is 0. The van der Waals surface area contributed by atoms with Crippen LogP contribution in [0.5, 0.6) is 23.0 Å². The van der Waals surface area contributed by atoms with Gasteiger partial charge in [0, 0.05) is 37.3 Å². The first-order chi connectivity index (χ1) is 20.2. The van der Waals surface area contributed by atoms with Crippen LogP contribution < -0.4 is 14.2 Å². The predicted octanol–water partition coefficient (Wildman–Crippen LogP) is 5.53. The van der Waals surface area contributed by atoms with Crippen LogP contribution >= 0.6 is 0 Å². The lowest BCUT2D eigenvalue weighted by atomic mass is 10.1. The number of nitrogens with zero attached hydrogens (tertiary/aromatic N) is 2. The van der Waals surface area contributed by atoms with E-state index >= 15 is 4.39 Å². The Morgan fingerprint density at radius 3 is 2.38 bits per heavy atom. The summed E-state index contributed by atoms with van der Waals surface area (Å²) in [4.78, 5) is 5.65. The Morgan fingerprint density at radius 1 is 0.905 bits per heavy atom. The van der Waals surface area contributed by atoms with E-state index in [-0.39, 0.29) is 17.1 Å². The van der Waals surface area contributed by atoms with Gasteiger partial charge in [-0.2, -0.15) is 0 Å². The Hall–Kier alpha value is -3.87. The molecule has 0 spiro atoms. The number of aromatic nitrogens is 1. The molecule has 5 rings (SSSR count). The van der Waals surface area contributed by atoms with E-state index < -0.39 is 37.9 Å². The van der Waals surface area contributed by atoms with Gasteiger partial charge in [0.25, 0.3) is 0 Å². The number of hydrogen-bond acceptors (Lipinski definition) is 8. The van der Waals surface area contributed by atoms with Crippen LogP contribution in [-0.2, 0) is 20.3 Å². The fourth-order valence-corrected chi connectivity index (χ4v) is 6.18. The molecule has 0 bridgehead atoms. The van der Waals surface area contributed by atoms with Gasteiger partial charge in [0.2, 0.25) is 0 Å². The molecule has 0 amide bonds. The van der Waals surface area contributed by atoms with Crippen molar-refractivity contribution in [2.45, 2.75) is 17.1 Å². The van der Waals surface area contributed by atoms with E-state index in [0.29, 0.717) is 29.0 Å². The molecule has 222 valence electrons. The molecule has 0 saturated carbocycles. The van der Waals surface area contributed by atoms with Crippen LogP contribution in [0, 0.1) is 17.5 Å². The Kier molecular flexibility index (Phi) is 9.15. The summed E-state index contributed by atoms with van der Waals surface area (Å²) in [5.41, 5.74) is 0.533. The first-order valence-electron chi connectivity index (χ1n) is 13.3. The second-order valence-electron chi connectivity index (χ2n) is 9.66. The molecular weight excluding hydrogens is 573 g/mol. The molecule has 0 aliphatic carbocycles. The third-order valence-electron chi connectivity index (χ3n) is 6.77. The SMILES string of the molecule is COc1cc2c(Oc3ccc(CS(=O)(=O)c4c(F)cccc4F)cc3F)ccnc2cc1OCCCN1CCOCC1. The first kappa shape index (κ1) is 29.6. The predicted molar refractivity (Wildman–Crippen MR) is 149 cm³/mol. The van der Waals surface area contributed by atoms with Crippen LogP contribution in [0.15, 0.2) is 65.7 Å². The van der Waals surface area contributed by atoms with Gasteiger partial charge in [-0.15, -0.1) is 0 Å². The molecule has 0 N–H and O–H groups in total. The van der Waals surface area contributed by atoms with Crippen LogP contribution in [0.2, 0.25) is 0 Å². The van der Waals surface area contributed by atoms with Crippen molar-refractivity contribution in [1.29, 1.82) is 0 Å². The van der Waals surface area contributed by atoms with Gasteiger partial charge < -0.3 is 18.9 Å². The number of pyridine rings is 1. The van der Waals surface area contributed by atoms with E-state index in [0.717, 1.165) is 63.5 Å². The lowest BCUT2D eigenvalue weighted by Crippen LogP contribution is -2.37. The van der Waals surface area contributed by atoms with E-state index in [1.807, 2.05) is 0 Å². The molecule has 1 aromatic heterocycles. The molecule has 4 aromatic rings. The maximum absolute atomic E-state index is 15.1. The molecule has 2 heterocycles. The molecule has 0 atom stereocenters. The summed E-state index contributed by atoms with van der Waals surface area (Å²) in [5, 5.41) is 0.538. The smallest absolute Gasteiger partial charge is 0.188 e. The average molecular weight is 603 g/mol. The Morgan fingerprint density at radius 2 is 1.67 bits per heavy atom. The number of rotatable bonds is 11. The van der Waals surface area contributed by atoms with E-state index in [1.54, 1.807) is 18.2 Å². The lowest BCUT2D eigenvalue weighted by molar-refractivity contribution is 0.0357. The number of ether oxygens (including phenoxy) is 4. The van der Waals surface area contributed by atoms with Gasteiger partial charge in [-0.3, -0.25) is 9.88 Å². The Balaban J connectivity index is 1.31. The van der Waals surface area contributed by atoms with Crippen molar-refractivity contribution in [2.24, 2.45) is 0 Å². The van der Waals surface area contributed by atoms with E-state index in [2.05, 4.69) is 9.88 Å². The summed E-state index contributed by atoms with van der Waals surface area (Å²) in [7, 11) is -2.90. The van der Waals surface area contributed by atoms with Gasteiger partial charge in [0.15, 0.2) is 32.9 Å². The summed E-state index contributed by atoms with van der Waals surface area (Å²) >= 11 is 0. The molecule has 1 fully saturated rings. The quantitative estimate of drug-likeness (QED) is 0.207. The highest BCUT2D eigenvalue weighted by Crippen LogP contribution is 2.38. The van der Waals surface area contributed by atoms with Crippen molar-refractivity contribution >= 4 is 20.7 Å². The topological polar surface area (TPSA) is 87.2 Å². The van der Waals surface area contributed by atoms with Crippen LogP contribution in [-0.4, -0.2) is 64.9 Å². The van der Waals surface area contributed by atoms with Crippen LogP contribution in [0.25, 0.3) is 10.9 Å². The van der Waals surface area contributed by atoms with E-state index in [4.69, 9.17) is 18.9 Å². The maximum atomic E-state index is 15.1. The van der Waals surface area contributed by atoms with Gasteiger partial charge in [0.05, 0.1) is 38.2 Å². The van der Waals surface area contributed by atoms with Gasteiger partial charge in [0.1, 0.15) is 22.3 Å². The zero-order valence-electron chi connectivity index (χ0n) is 22.8. The second kappa shape index (κ2) is 13.0. The van der Waals surface area contributed by atoms with Crippen molar-refractivity contribution in [3.63, 3.8) is 0 Å². The van der Waals surface area contributed by atoms with E-state index in [1.165, 1.54) is 25.4 Å². The number of methoxy groups -OCH3 is 1. The maximum Gasteiger partial charge on any atom is 0.188 e. The molecule has 0 radical (unpaired) electrons. The normalized spacial score (nSPS) is 14.2. The van der Waals surface area contributed by atoms with Gasteiger partial charge in [-0.05, 0) is 48.4 Å². The number of sulfone groups is 1.